The molecule has 5 nitrogen and oxygen atoms in total. The van der Waals surface area contributed by atoms with E-state index < -0.39 is 0 Å². The van der Waals surface area contributed by atoms with Crippen molar-refractivity contribution in [1.82, 2.24) is 14.9 Å². The summed E-state index contributed by atoms with van der Waals surface area (Å²) in [6, 6.07) is 0. The standard InChI is InChI=1S/C12H14BrN3O2/c1-7-14-4-8(13)10(15-7)11(18)16-5-9(17)12(6-16)2-3-12/h4,9,17H,2-3,5-6H2,1H3. The Morgan fingerprint density at radius 1 is 1.61 bits per heavy atom. The van der Waals surface area contributed by atoms with Gasteiger partial charge in [0.05, 0.1) is 10.6 Å². The monoisotopic (exact) mass is 311 g/mol. The minimum absolute atomic E-state index is 0.0236. The second kappa shape index (κ2) is 3.99. The molecule has 0 bridgehead atoms. The van der Waals surface area contributed by atoms with Crippen molar-refractivity contribution in [3.05, 3.63) is 22.2 Å². The lowest BCUT2D eigenvalue weighted by atomic mass is 10.0. The summed E-state index contributed by atoms with van der Waals surface area (Å²) in [6.07, 6.45) is 3.24. The molecule has 1 atom stereocenters. The molecule has 1 saturated heterocycles. The third-order valence-corrected chi connectivity index (χ3v) is 4.43. The van der Waals surface area contributed by atoms with Gasteiger partial charge in [-0.15, -0.1) is 0 Å². The first kappa shape index (κ1) is 12.0. The van der Waals surface area contributed by atoms with E-state index in [2.05, 4.69) is 25.9 Å². The average Bonchev–Trinajstić information content (AvgIpc) is 3.03. The Hall–Kier alpha value is -1.01. The molecule has 1 N–H and O–H groups in total. The van der Waals surface area contributed by atoms with Gasteiger partial charge in [0.15, 0.2) is 0 Å². The molecule has 2 aliphatic rings. The van der Waals surface area contributed by atoms with Crippen LogP contribution in [-0.2, 0) is 0 Å². The van der Waals surface area contributed by atoms with Crippen LogP contribution in [0.25, 0.3) is 0 Å². The molecule has 1 aromatic rings. The molecule has 2 heterocycles. The number of aryl methyl sites for hydroxylation is 1. The Kier molecular flexibility index (Phi) is 2.67. The number of aromatic nitrogens is 2. The maximum Gasteiger partial charge on any atom is 0.273 e. The first-order chi connectivity index (χ1) is 8.52. The fourth-order valence-corrected chi connectivity index (χ4v) is 2.87. The summed E-state index contributed by atoms with van der Waals surface area (Å²) in [4.78, 5) is 22.3. The maximum atomic E-state index is 12.4. The lowest BCUT2D eigenvalue weighted by molar-refractivity contribution is 0.0757. The molecule has 2 fully saturated rings. The van der Waals surface area contributed by atoms with Crippen LogP contribution < -0.4 is 0 Å². The average molecular weight is 312 g/mol. The van der Waals surface area contributed by atoms with Gasteiger partial charge in [0.25, 0.3) is 5.91 Å². The van der Waals surface area contributed by atoms with E-state index in [1.807, 2.05) is 0 Å². The zero-order valence-corrected chi connectivity index (χ0v) is 11.6. The van der Waals surface area contributed by atoms with E-state index in [-0.39, 0.29) is 17.4 Å². The normalized spacial score (nSPS) is 24.6. The second-order valence-electron chi connectivity index (χ2n) is 5.18. The fraction of sp³-hybridized carbons (Fsp3) is 0.583. The number of carbonyl (C=O) groups excluding carboxylic acids is 1. The van der Waals surface area contributed by atoms with Crippen molar-refractivity contribution >= 4 is 21.8 Å². The summed E-state index contributed by atoms with van der Waals surface area (Å²) in [7, 11) is 0. The number of carbonyl (C=O) groups is 1. The molecule has 6 heteroatoms. The molecule has 1 saturated carbocycles. The van der Waals surface area contributed by atoms with E-state index >= 15 is 0 Å². The highest BCUT2D eigenvalue weighted by atomic mass is 79.9. The van der Waals surface area contributed by atoms with Crippen molar-refractivity contribution in [2.24, 2.45) is 5.41 Å². The Morgan fingerprint density at radius 3 is 2.94 bits per heavy atom. The fourth-order valence-electron chi connectivity index (χ4n) is 2.51. The Morgan fingerprint density at radius 2 is 2.33 bits per heavy atom. The number of nitrogens with zero attached hydrogens (tertiary/aromatic N) is 3. The summed E-state index contributed by atoms with van der Waals surface area (Å²) in [6.45, 7) is 2.81. The summed E-state index contributed by atoms with van der Waals surface area (Å²) in [5, 5.41) is 9.97. The van der Waals surface area contributed by atoms with Crippen molar-refractivity contribution in [3.63, 3.8) is 0 Å². The topological polar surface area (TPSA) is 66.3 Å². The number of rotatable bonds is 1. The lowest BCUT2D eigenvalue weighted by Crippen LogP contribution is -2.30. The van der Waals surface area contributed by atoms with Crippen molar-refractivity contribution in [3.8, 4) is 0 Å². The van der Waals surface area contributed by atoms with Gasteiger partial charge in [0.2, 0.25) is 0 Å². The molecule has 0 radical (unpaired) electrons. The predicted octanol–water partition coefficient (Wildman–Crippen LogP) is 1.14. The van der Waals surface area contributed by atoms with Gasteiger partial charge >= 0.3 is 0 Å². The van der Waals surface area contributed by atoms with Crippen LogP contribution in [0, 0.1) is 12.3 Å². The minimum Gasteiger partial charge on any atom is -0.391 e. The van der Waals surface area contributed by atoms with E-state index in [0.717, 1.165) is 12.8 Å². The van der Waals surface area contributed by atoms with E-state index in [1.54, 1.807) is 18.0 Å². The molecule has 1 aromatic heterocycles. The summed E-state index contributed by atoms with van der Waals surface area (Å²) in [5.41, 5.74) is 0.358. The van der Waals surface area contributed by atoms with Crippen LogP contribution in [-0.4, -0.2) is 45.1 Å². The first-order valence-corrected chi connectivity index (χ1v) is 6.78. The number of aliphatic hydroxyl groups is 1. The molecule has 18 heavy (non-hydrogen) atoms. The third kappa shape index (κ3) is 1.83. The first-order valence-electron chi connectivity index (χ1n) is 5.98. The Balaban J connectivity index is 1.85. The van der Waals surface area contributed by atoms with Gasteiger partial charge < -0.3 is 10.0 Å². The number of aliphatic hydroxyl groups excluding tert-OH is 1. The van der Waals surface area contributed by atoms with Gasteiger partial charge in [0, 0.05) is 24.7 Å². The van der Waals surface area contributed by atoms with Crippen LogP contribution in [0.15, 0.2) is 10.7 Å². The number of hydrogen-bond donors (Lipinski definition) is 1. The number of likely N-dealkylation sites (tertiary alicyclic amines) is 1. The predicted molar refractivity (Wildman–Crippen MR) is 68.0 cm³/mol. The van der Waals surface area contributed by atoms with Gasteiger partial charge in [-0.2, -0.15) is 0 Å². The van der Waals surface area contributed by atoms with Crippen LogP contribution in [0.3, 0.4) is 0 Å². The molecule has 96 valence electrons. The number of amides is 1. The van der Waals surface area contributed by atoms with Crippen LogP contribution in [0.1, 0.15) is 29.2 Å². The van der Waals surface area contributed by atoms with Crippen LogP contribution >= 0.6 is 15.9 Å². The largest absolute Gasteiger partial charge is 0.391 e. The Labute approximate surface area is 113 Å². The van der Waals surface area contributed by atoms with Crippen molar-refractivity contribution in [1.29, 1.82) is 0 Å². The number of β-amino-alcohol motifs (C(OH)–C–C–N with tert-alkyl or cyclic N) is 1. The SMILES string of the molecule is Cc1ncc(Br)c(C(=O)N2CC(O)C3(CC3)C2)n1. The molecule has 1 spiro atoms. The maximum absolute atomic E-state index is 12.4. The summed E-state index contributed by atoms with van der Waals surface area (Å²) in [5.74, 6) is 0.442. The molecular formula is C12H14BrN3O2. The molecule has 0 aromatic carbocycles. The van der Waals surface area contributed by atoms with Crippen LogP contribution in [0.2, 0.25) is 0 Å². The van der Waals surface area contributed by atoms with Crippen LogP contribution in [0.4, 0.5) is 0 Å². The van der Waals surface area contributed by atoms with Gasteiger partial charge in [0.1, 0.15) is 11.5 Å². The highest BCUT2D eigenvalue weighted by molar-refractivity contribution is 9.10. The van der Waals surface area contributed by atoms with Crippen molar-refractivity contribution in [2.45, 2.75) is 25.9 Å². The van der Waals surface area contributed by atoms with Gasteiger partial charge in [-0.3, -0.25) is 4.79 Å². The highest BCUT2D eigenvalue weighted by Gasteiger charge is 2.55. The smallest absolute Gasteiger partial charge is 0.273 e. The van der Waals surface area contributed by atoms with E-state index in [1.165, 1.54) is 0 Å². The number of hydrogen-bond acceptors (Lipinski definition) is 4. The number of halogens is 1. The Bertz CT molecular complexity index is 516. The van der Waals surface area contributed by atoms with Crippen LogP contribution in [0.5, 0.6) is 0 Å². The van der Waals surface area contributed by atoms with E-state index in [0.29, 0.717) is 29.1 Å². The van der Waals surface area contributed by atoms with Crippen molar-refractivity contribution < 1.29 is 9.90 Å². The zero-order chi connectivity index (χ0) is 12.9. The van der Waals surface area contributed by atoms with Gasteiger partial charge in [-0.1, -0.05) is 0 Å². The molecule has 3 rings (SSSR count). The molecule has 1 aliphatic carbocycles. The van der Waals surface area contributed by atoms with Gasteiger partial charge in [-0.05, 0) is 35.7 Å². The van der Waals surface area contributed by atoms with E-state index in [9.17, 15) is 9.90 Å². The third-order valence-electron chi connectivity index (χ3n) is 3.85. The van der Waals surface area contributed by atoms with Crippen molar-refractivity contribution in [2.75, 3.05) is 13.1 Å². The molecule has 1 amide bonds. The highest BCUT2D eigenvalue weighted by Crippen LogP contribution is 2.52. The molecular weight excluding hydrogens is 298 g/mol. The minimum atomic E-state index is -0.386. The molecule has 1 unspecified atom stereocenters. The van der Waals surface area contributed by atoms with Gasteiger partial charge in [-0.25, -0.2) is 9.97 Å². The molecule has 1 aliphatic heterocycles. The zero-order valence-electron chi connectivity index (χ0n) is 10.1. The lowest BCUT2D eigenvalue weighted by Gasteiger charge is -2.16. The summed E-state index contributed by atoms with van der Waals surface area (Å²) < 4.78 is 0.601. The summed E-state index contributed by atoms with van der Waals surface area (Å²) >= 11 is 3.30. The second-order valence-corrected chi connectivity index (χ2v) is 6.03. The quantitative estimate of drug-likeness (QED) is 0.845. The van der Waals surface area contributed by atoms with E-state index in [4.69, 9.17) is 0 Å².